The number of benzene rings is 1. The van der Waals surface area contributed by atoms with Gasteiger partial charge in [-0.1, -0.05) is 12.1 Å². The van der Waals surface area contributed by atoms with E-state index in [1.54, 1.807) is 4.90 Å². The molecule has 3 amide bonds. The molecule has 0 aliphatic carbocycles. The lowest BCUT2D eigenvalue weighted by atomic mass is 10.1. The van der Waals surface area contributed by atoms with Crippen molar-refractivity contribution in [3.8, 4) is 5.75 Å². The maximum absolute atomic E-state index is 12.0. The number of urea groups is 1. The summed E-state index contributed by atoms with van der Waals surface area (Å²) < 4.78 is 5.59. The zero-order valence-electron chi connectivity index (χ0n) is 13.7. The Morgan fingerprint density at radius 3 is 2.61 bits per heavy atom. The number of hydrogen-bond acceptors (Lipinski definition) is 3. The van der Waals surface area contributed by atoms with E-state index in [4.69, 9.17) is 10.5 Å². The summed E-state index contributed by atoms with van der Waals surface area (Å²) in [7, 11) is 0. The van der Waals surface area contributed by atoms with Crippen molar-refractivity contribution in [2.45, 2.75) is 32.8 Å². The first-order chi connectivity index (χ1) is 11.0. The summed E-state index contributed by atoms with van der Waals surface area (Å²) in [6.07, 6.45) is 1.56. The molecule has 2 rings (SSSR count). The van der Waals surface area contributed by atoms with Crippen LogP contribution in [0.3, 0.4) is 0 Å². The van der Waals surface area contributed by atoms with Crippen LogP contribution >= 0.6 is 0 Å². The lowest BCUT2D eigenvalue weighted by Gasteiger charge is -2.17. The van der Waals surface area contributed by atoms with Gasteiger partial charge >= 0.3 is 6.03 Å². The molecule has 1 aromatic rings. The van der Waals surface area contributed by atoms with Crippen molar-refractivity contribution in [1.82, 2.24) is 10.2 Å². The molecule has 1 fully saturated rings. The predicted molar refractivity (Wildman–Crippen MR) is 88.2 cm³/mol. The number of carbonyl (C=O) groups excluding carboxylic acids is 2. The highest BCUT2D eigenvalue weighted by Crippen LogP contribution is 2.16. The number of nitrogens with zero attached hydrogens (tertiary/aromatic N) is 1. The molecule has 6 nitrogen and oxygen atoms in total. The van der Waals surface area contributed by atoms with Gasteiger partial charge in [-0.2, -0.15) is 0 Å². The Morgan fingerprint density at radius 1 is 1.35 bits per heavy atom. The normalized spacial score (nSPS) is 17.3. The summed E-state index contributed by atoms with van der Waals surface area (Å²) in [6, 6.07) is 7.75. The van der Waals surface area contributed by atoms with Crippen LogP contribution in [0.1, 0.15) is 25.8 Å². The summed E-state index contributed by atoms with van der Waals surface area (Å²) in [4.78, 5) is 24.8. The lowest BCUT2D eigenvalue weighted by Crippen LogP contribution is -2.40. The molecule has 126 valence electrons. The highest BCUT2D eigenvalue weighted by molar-refractivity contribution is 5.80. The van der Waals surface area contributed by atoms with Crippen LogP contribution in [-0.2, 0) is 11.2 Å². The fourth-order valence-electron chi connectivity index (χ4n) is 2.61. The maximum atomic E-state index is 12.0. The quantitative estimate of drug-likeness (QED) is 0.834. The van der Waals surface area contributed by atoms with Crippen LogP contribution in [0.25, 0.3) is 0 Å². The second kappa shape index (κ2) is 7.85. The predicted octanol–water partition coefficient (Wildman–Crippen LogP) is 1.53. The topological polar surface area (TPSA) is 84.7 Å². The van der Waals surface area contributed by atoms with Gasteiger partial charge in [0.1, 0.15) is 5.75 Å². The first-order valence-electron chi connectivity index (χ1n) is 8.03. The largest absolute Gasteiger partial charge is 0.491 e. The van der Waals surface area contributed by atoms with Crippen molar-refractivity contribution in [1.29, 1.82) is 0 Å². The van der Waals surface area contributed by atoms with E-state index in [0.717, 1.165) is 17.7 Å². The minimum Gasteiger partial charge on any atom is -0.491 e. The van der Waals surface area contributed by atoms with E-state index in [1.165, 1.54) is 0 Å². The maximum Gasteiger partial charge on any atom is 0.317 e. The smallest absolute Gasteiger partial charge is 0.317 e. The number of nitrogens with one attached hydrogen (secondary N) is 1. The molecule has 0 spiro atoms. The fourth-order valence-corrected chi connectivity index (χ4v) is 2.61. The van der Waals surface area contributed by atoms with E-state index in [9.17, 15) is 9.59 Å². The highest BCUT2D eigenvalue weighted by atomic mass is 16.5. The minimum atomic E-state index is -0.330. The van der Waals surface area contributed by atoms with Crippen molar-refractivity contribution in [3.63, 3.8) is 0 Å². The number of nitrogens with two attached hydrogens (primary N) is 1. The number of amides is 3. The Labute approximate surface area is 137 Å². The van der Waals surface area contributed by atoms with Gasteiger partial charge in [0, 0.05) is 19.6 Å². The summed E-state index contributed by atoms with van der Waals surface area (Å²) in [6.45, 7) is 5.54. The molecule has 3 N–H and O–H groups in total. The summed E-state index contributed by atoms with van der Waals surface area (Å²) in [5.74, 6) is 0.306. The molecule has 1 aliphatic rings. The van der Waals surface area contributed by atoms with E-state index in [2.05, 4.69) is 5.32 Å². The number of ether oxygens (including phenoxy) is 1. The average molecular weight is 319 g/mol. The van der Waals surface area contributed by atoms with Crippen LogP contribution in [0.5, 0.6) is 5.75 Å². The van der Waals surface area contributed by atoms with Gasteiger partial charge in [-0.15, -0.1) is 0 Å². The zero-order chi connectivity index (χ0) is 16.8. The Balaban J connectivity index is 1.72. The van der Waals surface area contributed by atoms with E-state index in [-0.39, 0.29) is 24.0 Å². The molecule has 0 bridgehead atoms. The first-order valence-corrected chi connectivity index (χ1v) is 8.03. The number of rotatable bonds is 6. The molecule has 0 radical (unpaired) electrons. The molecule has 0 aromatic heterocycles. The molecular weight excluding hydrogens is 294 g/mol. The van der Waals surface area contributed by atoms with Gasteiger partial charge in [0.2, 0.25) is 5.91 Å². The molecular formula is C17H25N3O3. The van der Waals surface area contributed by atoms with Crippen LogP contribution in [0.4, 0.5) is 4.79 Å². The van der Waals surface area contributed by atoms with Crippen molar-refractivity contribution < 1.29 is 14.3 Å². The van der Waals surface area contributed by atoms with Crippen LogP contribution in [0, 0.1) is 5.92 Å². The average Bonchev–Trinajstić information content (AvgIpc) is 2.98. The Morgan fingerprint density at radius 2 is 2.04 bits per heavy atom. The van der Waals surface area contributed by atoms with E-state index >= 15 is 0 Å². The number of primary amides is 1. The van der Waals surface area contributed by atoms with Crippen molar-refractivity contribution in [2.75, 3.05) is 19.6 Å². The van der Waals surface area contributed by atoms with Crippen LogP contribution in [-0.4, -0.2) is 42.6 Å². The van der Waals surface area contributed by atoms with E-state index in [0.29, 0.717) is 26.1 Å². The molecule has 1 saturated heterocycles. The van der Waals surface area contributed by atoms with Gasteiger partial charge in [-0.25, -0.2) is 4.79 Å². The molecule has 1 atom stereocenters. The SMILES string of the molecule is CC(C)Oc1ccc(CCNC(=O)N2CC[C@@H](C(N)=O)C2)cc1. The van der Waals surface area contributed by atoms with Gasteiger partial charge in [0.25, 0.3) is 0 Å². The standard InChI is InChI=1S/C17H25N3O3/c1-12(2)23-15-5-3-13(4-6-15)7-9-19-17(22)20-10-8-14(11-20)16(18)21/h3-6,12,14H,7-11H2,1-2H3,(H2,18,21)(H,19,22)/t14-/m1/s1. The first kappa shape index (κ1) is 17.1. The second-order valence-corrected chi connectivity index (χ2v) is 6.13. The second-order valence-electron chi connectivity index (χ2n) is 6.13. The molecule has 1 aliphatic heterocycles. The van der Waals surface area contributed by atoms with E-state index in [1.807, 2.05) is 38.1 Å². The number of hydrogen-bond donors (Lipinski definition) is 2. The number of carbonyl (C=O) groups is 2. The van der Waals surface area contributed by atoms with Crippen molar-refractivity contribution >= 4 is 11.9 Å². The van der Waals surface area contributed by atoms with Crippen LogP contribution in [0.2, 0.25) is 0 Å². The lowest BCUT2D eigenvalue weighted by molar-refractivity contribution is -0.121. The van der Waals surface area contributed by atoms with E-state index < -0.39 is 0 Å². The molecule has 1 aromatic carbocycles. The van der Waals surface area contributed by atoms with Gasteiger partial charge in [0.05, 0.1) is 12.0 Å². The summed E-state index contributed by atoms with van der Waals surface area (Å²) in [5, 5.41) is 2.88. The third-order valence-corrected chi connectivity index (χ3v) is 3.86. The summed E-state index contributed by atoms with van der Waals surface area (Å²) >= 11 is 0. The molecule has 1 heterocycles. The van der Waals surface area contributed by atoms with Gasteiger partial charge in [0.15, 0.2) is 0 Å². The summed E-state index contributed by atoms with van der Waals surface area (Å²) in [5.41, 5.74) is 6.41. The minimum absolute atomic E-state index is 0.131. The molecule has 6 heteroatoms. The third-order valence-electron chi connectivity index (χ3n) is 3.86. The highest BCUT2D eigenvalue weighted by Gasteiger charge is 2.29. The monoisotopic (exact) mass is 319 g/mol. The molecule has 23 heavy (non-hydrogen) atoms. The third kappa shape index (κ3) is 5.16. The van der Waals surface area contributed by atoms with Crippen molar-refractivity contribution in [3.05, 3.63) is 29.8 Å². The fraction of sp³-hybridized carbons (Fsp3) is 0.529. The van der Waals surface area contributed by atoms with Crippen molar-refractivity contribution in [2.24, 2.45) is 11.7 Å². The van der Waals surface area contributed by atoms with Gasteiger partial charge in [-0.05, 0) is 44.4 Å². The Hall–Kier alpha value is -2.24. The molecule has 0 saturated carbocycles. The molecule has 0 unspecified atom stereocenters. The Bertz CT molecular complexity index is 543. The van der Waals surface area contributed by atoms with Gasteiger partial charge < -0.3 is 20.7 Å². The van der Waals surface area contributed by atoms with Gasteiger partial charge in [-0.3, -0.25) is 4.79 Å². The van der Waals surface area contributed by atoms with Crippen LogP contribution < -0.4 is 15.8 Å². The zero-order valence-corrected chi connectivity index (χ0v) is 13.7. The van der Waals surface area contributed by atoms with Crippen LogP contribution in [0.15, 0.2) is 24.3 Å². The Kier molecular flexibility index (Phi) is 5.84. The number of likely N-dealkylation sites (tertiary alicyclic amines) is 1.